The highest BCUT2D eigenvalue weighted by atomic mass is 79.9. The van der Waals surface area contributed by atoms with Crippen LogP contribution in [0.15, 0.2) is 16.6 Å². The van der Waals surface area contributed by atoms with Crippen molar-refractivity contribution < 1.29 is 9.18 Å². The topological polar surface area (TPSA) is 44.1 Å². The number of nitriles is 1. The lowest BCUT2D eigenvalue weighted by Gasteiger charge is -2.33. The van der Waals surface area contributed by atoms with Crippen LogP contribution in [0.1, 0.15) is 25.3 Å². The quantitative estimate of drug-likeness (QED) is 0.838. The molecule has 1 aromatic rings. The summed E-state index contributed by atoms with van der Waals surface area (Å²) in [6.07, 6.45) is 1.51. The van der Waals surface area contributed by atoms with Gasteiger partial charge in [0, 0.05) is 19.0 Å². The van der Waals surface area contributed by atoms with Gasteiger partial charge in [0.05, 0.1) is 15.7 Å². The number of piperidine rings is 1. The van der Waals surface area contributed by atoms with Crippen LogP contribution in [0.5, 0.6) is 0 Å². The van der Waals surface area contributed by atoms with Gasteiger partial charge >= 0.3 is 0 Å². The van der Waals surface area contributed by atoms with Gasteiger partial charge in [-0.05, 0) is 47.8 Å². The largest absolute Gasteiger partial charge is 0.369 e. The van der Waals surface area contributed by atoms with E-state index >= 15 is 0 Å². The number of Topliss-reactive ketones (excluding diaryl/α,β-unsaturated/α-hetero) is 1. The van der Waals surface area contributed by atoms with Gasteiger partial charge in [0.1, 0.15) is 11.9 Å². The summed E-state index contributed by atoms with van der Waals surface area (Å²) in [7, 11) is 0. The average Bonchev–Trinajstić information content (AvgIpc) is 2.42. The standard InChI is InChI=1S/C14H14BrFN2O/c1-9(19)10-4-6-18(7-5-10)12-3-2-11(8-17)13(15)14(12)16/h2-3,10H,4-7H2,1H3. The number of rotatable bonds is 2. The van der Waals surface area contributed by atoms with Gasteiger partial charge in [0.25, 0.3) is 0 Å². The van der Waals surface area contributed by atoms with Crippen molar-refractivity contribution in [2.75, 3.05) is 18.0 Å². The van der Waals surface area contributed by atoms with Crippen molar-refractivity contribution in [2.45, 2.75) is 19.8 Å². The first-order valence-electron chi connectivity index (χ1n) is 6.18. The molecule has 1 aliphatic rings. The summed E-state index contributed by atoms with van der Waals surface area (Å²) >= 11 is 3.11. The van der Waals surface area contributed by atoms with E-state index in [1.54, 1.807) is 19.1 Å². The van der Waals surface area contributed by atoms with Crippen molar-refractivity contribution in [3.8, 4) is 6.07 Å². The zero-order valence-electron chi connectivity index (χ0n) is 10.6. The molecule has 1 aliphatic heterocycles. The summed E-state index contributed by atoms with van der Waals surface area (Å²) < 4.78 is 14.4. The van der Waals surface area contributed by atoms with Crippen molar-refractivity contribution in [1.29, 1.82) is 5.26 Å². The fourth-order valence-electron chi connectivity index (χ4n) is 2.40. The Hall–Kier alpha value is -1.41. The van der Waals surface area contributed by atoms with Crippen molar-refractivity contribution in [1.82, 2.24) is 0 Å². The van der Waals surface area contributed by atoms with Crippen molar-refractivity contribution in [3.05, 3.63) is 28.0 Å². The lowest BCUT2D eigenvalue weighted by molar-refractivity contribution is -0.121. The van der Waals surface area contributed by atoms with Gasteiger partial charge in [0.15, 0.2) is 5.82 Å². The molecule has 1 fully saturated rings. The number of benzene rings is 1. The second kappa shape index (κ2) is 5.70. The third-order valence-electron chi connectivity index (χ3n) is 3.59. The molecule has 0 amide bonds. The van der Waals surface area contributed by atoms with E-state index in [0.717, 1.165) is 12.8 Å². The fraction of sp³-hybridized carbons (Fsp3) is 0.429. The first-order valence-corrected chi connectivity index (χ1v) is 6.97. The molecule has 0 bridgehead atoms. The first-order chi connectivity index (χ1) is 9.04. The van der Waals surface area contributed by atoms with Gasteiger partial charge < -0.3 is 4.90 Å². The van der Waals surface area contributed by atoms with Gasteiger partial charge in [-0.1, -0.05) is 0 Å². The minimum Gasteiger partial charge on any atom is -0.369 e. The summed E-state index contributed by atoms with van der Waals surface area (Å²) in [5.74, 6) is -0.0948. The molecule has 0 N–H and O–H groups in total. The minimum atomic E-state index is -0.402. The second-order valence-electron chi connectivity index (χ2n) is 4.74. The van der Waals surface area contributed by atoms with E-state index in [9.17, 15) is 9.18 Å². The number of hydrogen-bond donors (Lipinski definition) is 0. The summed E-state index contributed by atoms with van der Waals surface area (Å²) in [6, 6.07) is 5.18. The first kappa shape index (κ1) is 14.0. The van der Waals surface area contributed by atoms with Crippen LogP contribution < -0.4 is 4.90 Å². The van der Waals surface area contributed by atoms with Crippen molar-refractivity contribution in [2.24, 2.45) is 5.92 Å². The lowest BCUT2D eigenvalue weighted by atomic mass is 9.93. The molecule has 19 heavy (non-hydrogen) atoms. The lowest BCUT2D eigenvalue weighted by Crippen LogP contribution is -2.36. The van der Waals surface area contributed by atoms with Crippen molar-refractivity contribution >= 4 is 27.4 Å². The average molecular weight is 325 g/mol. The highest BCUT2D eigenvalue weighted by Gasteiger charge is 2.25. The monoisotopic (exact) mass is 324 g/mol. The normalized spacial score (nSPS) is 16.2. The molecule has 3 nitrogen and oxygen atoms in total. The maximum atomic E-state index is 14.2. The van der Waals surface area contributed by atoms with Gasteiger partial charge in [0.2, 0.25) is 0 Å². The van der Waals surface area contributed by atoms with Gasteiger partial charge in [-0.3, -0.25) is 4.79 Å². The Kier molecular flexibility index (Phi) is 4.20. The van der Waals surface area contributed by atoms with Gasteiger partial charge in [-0.2, -0.15) is 5.26 Å². The zero-order chi connectivity index (χ0) is 14.0. The van der Waals surface area contributed by atoms with Crippen LogP contribution in [-0.2, 0) is 4.79 Å². The van der Waals surface area contributed by atoms with E-state index in [0.29, 0.717) is 24.3 Å². The molecule has 0 aromatic heterocycles. The van der Waals surface area contributed by atoms with Crippen LogP contribution in [0.25, 0.3) is 0 Å². The molecular formula is C14H14BrFN2O. The predicted octanol–water partition coefficient (Wildman–Crippen LogP) is 3.27. The zero-order valence-corrected chi connectivity index (χ0v) is 12.2. The molecule has 0 saturated carbocycles. The van der Waals surface area contributed by atoms with E-state index in [2.05, 4.69) is 15.9 Å². The Labute approximate surface area is 120 Å². The Bertz CT molecular complexity index is 545. The smallest absolute Gasteiger partial charge is 0.161 e. The SMILES string of the molecule is CC(=O)C1CCN(c2ccc(C#N)c(Br)c2F)CC1. The number of anilines is 1. The molecule has 5 heteroatoms. The third kappa shape index (κ3) is 2.79. The Morgan fingerprint density at radius 1 is 1.47 bits per heavy atom. The predicted molar refractivity (Wildman–Crippen MR) is 74.4 cm³/mol. The fourth-order valence-corrected chi connectivity index (χ4v) is 2.82. The van der Waals surface area contributed by atoms with Crippen LogP contribution in [0.4, 0.5) is 10.1 Å². The van der Waals surface area contributed by atoms with Crippen LogP contribution >= 0.6 is 15.9 Å². The highest BCUT2D eigenvalue weighted by Crippen LogP contribution is 2.31. The Morgan fingerprint density at radius 2 is 2.11 bits per heavy atom. The summed E-state index contributed by atoms with van der Waals surface area (Å²) in [5, 5.41) is 8.84. The van der Waals surface area contributed by atoms with Crippen LogP contribution in [-0.4, -0.2) is 18.9 Å². The molecule has 1 heterocycles. The van der Waals surface area contributed by atoms with Crippen LogP contribution in [0.3, 0.4) is 0 Å². The molecule has 0 aliphatic carbocycles. The van der Waals surface area contributed by atoms with E-state index in [-0.39, 0.29) is 16.2 Å². The number of ketones is 1. The molecule has 1 saturated heterocycles. The Morgan fingerprint density at radius 3 is 2.63 bits per heavy atom. The van der Waals surface area contributed by atoms with E-state index < -0.39 is 5.82 Å². The molecule has 100 valence electrons. The highest BCUT2D eigenvalue weighted by molar-refractivity contribution is 9.10. The van der Waals surface area contributed by atoms with E-state index in [1.165, 1.54) is 0 Å². The van der Waals surface area contributed by atoms with Crippen molar-refractivity contribution in [3.63, 3.8) is 0 Å². The summed E-state index contributed by atoms with van der Waals surface area (Å²) in [5.41, 5.74) is 0.785. The molecule has 0 spiro atoms. The van der Waals surface area contributed by atoms with E-state index in [4.69, 9.17) is 5.26 Å². The molecule has 1 aromatic carbocycles. The molecular weight excluding hydrogens is 311 g/mol. The summed E-state index contributed by atoms with van der Waals surface area (Å²) in [4.78, 5) is 13.2. The minimum absolute atomic E-state index is 0.0983. The van der Waals surface area contributed by atoms with Gasteiger partial charge in [-0.25, -0.2) is 4.39 Å². The molecule has 0 atom stereocenters. The maximum absolute atomic E-state index is 14.2. The third-order valence-corrected chi connectivity index (χ3v) is 4.37. The number of hydrogen-bond acceptors (Lipinski definition) is 3. The molecule has 0 unspecified atom stereocenters. The molecule has 2 rings (SSSR count). The Balaban J connectivity index is 2.19. The van der Waals surface area contributed by atoms with Crippen LogP contribution in [0.2, 0.25) is 0 Å². The number of carbonyl (C=O) groups is 1. The number of carbonyl (C=O) groups excluding carboxylic acids is 1. The molecule has 0 radical (unpaired) electrons. The number of nitrogens with zero attached hydrogens (tertiary/aromatic N) is 2. The second-order valence-corrected chi connectivity index (χ2v) is 5.54. The van der Waals surface area contributed by atoms with E-state index in [1.807, 2.05) is 11.0 Å². The van der Waals surface area contributed by atoms with Crippen LogP contribution in [0, 0.1) is 23.1 Å². The maximum Gasteiger partial charge on any atom is 0.161 e. The number of halogens is 2. The summed E-state index contributed by atoms with van der Waals surface area (Å²) in [6.45, 7) is 2.94. The van der Waals surface area contributed by atoms with Gasteiger partial charge in [-0.15, -0.1) is 0 Å².